The minimum Gasteiger partial charge on any atom is -0.336 e. The van der Waals surface area contributed by atoms with Crippen LogP contribution in [-0.4, -0.2) is 47.9 Å². The van der Waals surface area contributed by atoms with Crippen molar-refractivity contribution in [3.05, 3.63) is 34.6 Å². The fourth-order valence-electron chi connectivity index (χ4n) is 4.75. The standard InChI is InChI=1S/C18H22ClFN2O/c19-14-3-4-15(16(20)11-14)18(23)22-7-5-21(6-8-22)17-10-12-1-2-13(17)9-12/h3-4,11-13,17H,1-2,5-10H2/t12-,13-,17+/m0/s1. The van der Waals surface area contributed by atoms with E-state index in [-0.39, 0.29) is 11.5 Å². The van der Waals surface area contributed by atoms with Crippen LogP contribution in [0.2, 0.25) is 5.02 Å². The van der Waals surface area contributed by atoms with E-state index in [9.17, 15) is 9.18 Å². The van der Waals surface area contributed by atoms with E-state index in [1.807, 2.05) is 0 Å². The number of hydrogen-bond donors (Lipinski definition) is 0. The van der Waals surface area contributed by atoms with Crippen molar-refractivity contribution in [1.29, 1.82) is 0 Å². The van der Waals surface area contributed by atoms with Gasteiger partial charge >= 0.3 is 0 Å². The number of amides is 1. The lowest BCUT2D eigenvalue weighted by Gasteiger charge is -2.41. The number of carbonyl (C=O) groups excluding carboxylic acids is 1. The highest BCUT2D eigenvalue weighted by Crippen LogP contribution is 2.46. The molecule has 0 unspecified atom stereocenters. The summed E-state index contributed by atoms with van der Waals surface area (Å²) < 4.78 is 13.9. The molecule has 1 aromatic carbocycles. The number of fused-ring (bicyclic) bond motifs is 2. The molecule has 1 saturated heterocycles. The van der Waals surface area contributed by atoms with Gasteiger partial charge in [-0.2, -0.15) is 0 Å². The van der Waals surface area contributed by atoms with E-state index in [4.69, 9.17) is 11.6 Å². The quantitative estimate of drug-likeness (QED) is 0.826. The molecule has 0 radical (unpaired) electrons. The first kappa shape index (κ1) is 15.4. The topological polar surface area (TPSA) is 23.6 Å². The van der Waals surface area contributed by atoms with Crippen LogP contribution >= 0.6 is 11.6 Å². The Morgan fingerprint density at radius 1 is 1.13 bits per heavy atom. The zero-order chi connectivity index (χ0) is 16.0. The third kappa shape index (κ3) is 2.87. The average Bonchev–Trinajstić information content (AvgIpc) is 3.17. The van der Waals surface area contributed by atoms with Crippen LogP contribution in [0.3, 0.4) is 0 Å². The number of rotatable bonds is 2. The molecule has 2 aliphatic carbocycles. The van der Waals surface area contributed by atoms with E-state index in [1.54, 1.807) is 11.0 Å². The predicted molar refractivity (Wildman–Crippen MR) is 88.1 cm³/mol. The van der Waals surface area contributed by atoms with Gasteiger partial charge in [0, 0.05) is 37.2 Å². The summed E-state index contributed by atoms with van der Waals surface area (Å²) in [6, 6.07) is 4.99. The Bertz CT molecular complexity index is 615. The Morgan fingerprint density at radius 2 is 1.91 bits per heavy atom. The van der Waals surface area contributed by atoms with E-state index in [1.165, 1.54) is 37.8 Å². The number of carbonyl (C=O) groups is 1. The van der Waals surface area contributed by atoms with Gasteiger partial charge in [0.05, 0.1) is 5.56 Å². The normalized spacial score (nSPS) is 30.9. The molecule has 1 aromatic rings. The van der Waals surface area contributed by atoms with Crippen molar-refractivity contribution in [2.24, 2.45) is 11.8 Å². The molecule has 2 bridgehead atoms. The Balaban J connectivity index is 1.38. The molecule has 3 atom stereocenters. The minimum atomic E-state index is -0.530. The van der Waals surface area contributed by atoms with E-state index >= 15 is 0 Å². The van der Waals surface area contributed by atoms with Crippen LogP contribution in [-0.2, 0) is 0 Å². The van der Waals surface area contributed by atoms with Gasteiger partial charge in [-0.05, 0) is 49.3 Å². The van der Waals surface area contributed by atoms with Crippen molar-refractivity contribution in [3.63, 3.8) is 0 Å². The molecule has 2 saturated carbocycles. The summed E-state index contributed by atoms with van der Waals surface area (Å²) in [5.41, 5.74) is 0.128. The van der Waals surface area contributed by atoms with Crippen LogP contribution in [0.1, 0.15) is 36.0 Å². The maximum Gasteiger partial charge on any atom is 0.256 e. The molecule has 3 fully saturated rings. The monoisotopic (exact) mass is 336 g/mol. The Labute approximate surface area is 141 Å². The van der Waals surface area contributed by atoms with E-state index < -0.39 is 5.82 Å². The zero-order valence-corrected chi connectivity index (χ0v) is 13.9. The number of hydrogen-bond acceptors (Lipinski definition) is 2. The zero-order valence-electron chi connectivity index (χ0n) is 13.2. The highest BCUT2D eigenvalue weighted by atomic mass is 35.5. The summed E-state index contributed by atoms with van der Waals surface area (Å²) in [7, 11) is 0. The minimum absolute atomic E-state index is 0.128. The first-order valence-corrected chi connectivity index (χ1v) is 8.98. The lowest BCUT2D eigenvalue weighted by atomic mass is 9.93. The lowest BCUT2D eigenvalue weighted by molar-refractivity contribution is 0.0492. The number of piperazine rings is 1. The second-order valence-electron chi connectivity index (χ2n) is 7.19. The average molecular weight is 337 g/mol. The summed E-state index contributed by atoms with van der Waals surface area (Å²) in [6.45, 7) is 3.20. The maximum atomic E-state index is 13.9. The molecule has 5 heteroatoms. The second-order valence-corrected chi connectivity index (χ2v) is 7.63. The third-order valence-electron chi connectivity index (χ3n) is 5.93. The molecular weight excluding hydrogens is 315 g/mol. The summed E-state index contributed by atoms with van der Waals surface area (Å²) in [4.78, 5) is 16.8. The van der Waals surface area contributed by atoms with Gasteiger partial charge in [-0.1, -0.05) is 18.0 Å². The molecule has 0 N–H and O–H groups in total. The van der Waals surface area contributed by atoms with Crippen molar-refractivity contribution in [2.75, 3.05) is 26.2 Å². The van der Waals surface area contributed by atoms with E-state index in [0.717, 1.165) is 31.0 Å². The summed E-state index contributed by atoms with van der Waals surface area (Å²) in [6.07, 6.45) is 5.53. The molecule has 0 aromatic heterocycles. The maximum absolute atomic E-state index is 13.9. The first-order chi connectivity index (χ1) is 11.1. The Hall–Kier alpha value is -1.13. The summed E-state index contributed by atoms with van der Waals surface area (Å²) >= 11 is 5.76. The molecule has 3 nitrogen and oxygen atoms in total. The molecule has 1 amide bonds. The van der Waals surface area contributed by atoms with Crippen LogP contribution in [0.15, 0.2) is 18.2 Å². The largest absolute Gasteiger partial charge is 0.336 e. The van der Waals surface area contributed by atoms with Crippen LogP contribution in [0.25, 0.3) is 0 Å². The predicted octanol–water partition coefficient (Wildman–Crippen LogP) is 3.43. The number of halogens is 2. The fraction of sp³-hybridized carbons (Fsp3) is 0.611. The second kappa shape index (κ2) is 6.06. The van der Waals surface area contributed by atoms with Crippen LogP contribution in [0.4, 0.5) is 4.39 Å². The lowest BCUT2D eigenvalue weighted by Crippen LogP contribution is -2.53. The molecule has 124 valence electrons. The van der Waals surface area contributed by atoms with Crippen LogP contribution in [0.5, 0.6) is 0 Å². The van der Waals surface area contributed by atoms with Crippen LogP contribution < -0.4 is 0 Å². The van der Waals surface area contributed by atoms with E-state index in [2.05, 4.69) is 4.90 Å². The van der Waals surface area contributed by atoms with E-state index in [0.29, 0.717) is 18.1 Å². The van der Waals surface area contributed by atoms with Gasteiger partial charge in [0.15, 0.2) is 0 Å². The van der Waals surface area contributed by atoms with Gasteiger partial charge in [0.1, 0.15) is 5.82 Å². The number of benzene rings is 1. The van der Waals surface area contributed by atoms with Crippen molar-refractivity contribution in [3.8, 4) is 0 Å². The Morgan fingerprint density at radius 3 is 2.52 bits per heavy atom. The first-order valence-electron chi connectivity index (χ1n) is 8.60. The molecule has 1 aliphatic heterocycles. The third-order valence-corrected chi connectivity index (χ3v) is 6.17. The summed E-state index contributed by atoms with van der Waals surface area (Å²) in [5, 5.41) is 0.320. The smallest absolute Gasteiger partial charge is 0.256 e. The summed E-state index contributed by atoms with van der Waals surface area (Å²) in [5.74, 6) is 1.06. The van der Waals surface area contributed by atoms with Gasteiger partial charge in [0.2, 0.25) is 0 Å². The Kier molecular flexibility index (Phi) is 4.06. The SMILES string of the molecule is O=C(c1ccc(Cl)cc1F)N1CCN([C@@H]2C[C@H]3CC[C@H]2C3)CC1. The van der Waals surface area contributed by atoms with Gasteiger partial charge in [0.25, 0.3) is 5.91 Å². The van der Waals surface area contributed by atoms with Gasteiger partial charge in [-0.15, -0.1) is 0 Å². The number of nitrogens with zero attached hydrogens (tertiary/aromatic N) is 2. The van der Waals surface area contributed by atoms with Gasteiger partial charge in [-0.25, -0.2) is 4.39 Å². The van der Waals surface area contributed by atoms with Crippen molar-refractivity contribution < 1.29 is 9.18 Å². The molecule has 1 heterocycles. The molecule has 0 spiro atoms. The molecule has 23 heavy (non-hydrogen) atoms. The van der Waals surface area contributed by atoms with Gasteiger partial charge < -0.3 is 4.90 Å². The van der Waals surface area contributed by atoms with Crippen molar-refractivity contribution in [2.45, 2.75) is 31.7 Å². The molecule has 3 aliphatic rings. The van der Waals surface area contributed by atoms with Crippen LogP contribution in [0, 0.1) is 17.7 Å². The molecular formula is C18H22ClFN2O. The molecule has 4 rings (SSSR count). The fourth-order valence-corrected chi connectivity index (χ4v) is 4.91. The highest BCUT2D eigenvalue weighted by Gasteiger charge is 2.43. The highest BCUT2D eigenvalue weighted by molar-refractivity contribution is 6.30. The van der Waals surface area contributed by atoms with Crippen molar-refractivity contribution in [1.82, 2.24) is 9.80 Å². The van der Waals surface area contributed by atoms with Crippen molar-refractivity contribution >= 4 is 17.5 Å². The van der Waals surface area contributed by atoms with Gasteiger partial charge in [-0.3, -0.25) is 9.69 Å².